The number of aromatic nitrogens is 1. The van der Waals surface area contributed by atoms with Crippen molar-refractivity contribution < 1.29 is 18.8 Å². The summed E-state index contributed by atoms with van der Waals surface area (Å²) >= 11 is 0. The molecule has 32 heavy (non-hydrogen) atoms. The minimum atomic E-state index is -0.678. The molecule has 0 atom stereocenters. The van der Waals surface area contributed by atoms with Gasteiger partial charge in [-0.05, 0) is 50.5 Å². The van der Waals surface area contributed by atoms with E-state index in [-0.39, 0.29) is 29.1 Å². The van der Waals surface area contributed by atoms with Crippen LogP contribution in [0.3, 0.4) is 0 Å². The number of benzene rings is 1. The van der Waals surface area contributed by atoms with Crippen LogP contribution in [0.5, 0.6) is 0 Å². The highest BCUT2D eigenvalue weighted by Crippen LogP contribution is 2.41. The van der Waals surface area contributed by atoms with E-state index in [9.17, 15) is 18.8 Å². The summed E-state index contributed by atoms with van der Waals surface area (Å²) in [5, 5.41) is 2.63. The molecule has 1 aliphatic rings. The maximum absolute atomic E-state index is 13.6. The summed E-state index contributed by atoms with van der Waals surface area (Å²) in [4.78, 5) is 41.9. The van der Waals surface area contributed by atoms with Gasteiger partial charge in [-0.3, -0.25) is 14.4 Å². The lowest BCUT2D eigenvalue weighted by Gasteiger charge is -2.20. The Kier molecular flexibility index (Phi) is 6.32. The van der Waals surface area contributed by atoms with E-state index < -0.39 is 28.7 Å². The average molecular weight is 433 g/mol. The summed E-state index contributed by atoms with van der Waals surface area (Å²) in [5.41, 5.74) is 0.767. The van der Waals surface area contributed by atoms with Crippen LogP contribution in [0, 0.1) is 44.0 Å². The topological polar surface area (TPSA) is 72.5 Å². The van der Waals surface area contributed by atoms with Crippen LogP contribution in [0.2, 0.25) is 0 Å². The first-order valence-corrected chi connectivity index (χ1v) is 10.3. The molecule has 0 aliphatic heterocycles. The van der Waals surface area contributed by atoms with Gasteiger partial charge in [0.1, 0.15) is 11.5 Å². The number of terminal acetylenes is 1. The molecule has 1 aliphatic carbocycles. The van der Waals surface area contributed by atoms with Crippen LogP contribution >= 0.6 is 0 Å². The number of carbonyl (C=O) groups excluding carboxylic acids is 3. The quantitative estimate of drug-likeness (QED) is 0.304. The summed E-state index contributed by atoms with van der Waals surface area (Å²) in [7, 11) is 1.63. The molecule has 1 aromatic heterocycles. The van der Waals surface area contributed by atoms with Crippen molar-refractivity contribution in [3.63, 3.8) is 0 Å². The Labute approximate surface area is 186 Å². The van der Waals surface area contributed by atoms with Crippen LogP contribution in [0.4, 0.5) is 15.8 Å². The maximum Gasteiger partial charge on any atom is 0.272 e. The van der Waals surface area contributed by atoms with E-state index in [0.29, 0.717) is 11.3 Å². The summed E-state index contributed by atoms with van der Waals surface area (Å²) in [6, 6.07) is 3.69. The van der Waals surface area contributed by atoms with Crippen molar-refractivity contribution in [2.45, 2.75) is 46.0 Å². The summed E-state index contributed by atoms with van der Waals surface area (Å²) in [6.45, 7) is 10.3. The maximum atomic E-state index is 13.6. The molecule has 1 N–H and O–H groups in total. The van der Waals surface area contributed by atoms with E-state index in [2.05, 4.69) is 16.1 Å². The number of anilines is 1. The third kappa shape index (κ3) is 4.07. The summed E-state index contributed by atoms with van der Waals surface area (Å²) in [5.74, 6) is 0.329. The number of Topliss-reactive ketones (excluding diaryl/α,β-unsaturated/α-hetero) is 2. The van der Waals surface area contributed by atoms with Gasteiger partial charge < -0.3 is 9.88 Å². The van der Waals surface area contributed by atoms with E-state index in [0.717, 1.165) is 31.7 Å². The molecule has 164 valence electrons. The van der Waals surface area contributed by atoms with Crippen LogP contribution < -0.4 is 5.32 Å². The zero-order chi connectivity index (χ0) is 23.6. The second kappa shape index (κ2) is 8.80. The van der Waals surface area contributed by atoms with Crippen molar-refractivity contribution >= 4 is 28.8 Å². The molecular formula is C25H24FN3O3. The molecule has 3 rings (SSSR count). The molecule has 7 heteroatoms. The molecule has 2 aromatic rings. The molecular weight excluding hydrogens is 409 g/mol. The zero-order valence-corrected chi connectivity index (χ0v) is 18.3. The second-order valence-electron chi connectivity index (χ2n) is 8.29. The molecule has 0 saturated heterocycles. The minimum Gasteiger partial charge on any atom is -0.343 e. The lowest BCUT2D eigenvalue weighted by Crippen LogP contribution is -2.25. The van der Waals surface area contributed by atoms with Gasteiger partial charge in [0.25, 0.3) is 5.91 Å². The normalized spacial score (nSPS) is 14.4. The molecule has 0 spiro atoms. The number of amides is 1. The molecule has 6 nitrogen and oxygen atoms in total. The predicted molar refractivity (Wildman–Crippen MR) is 119 cm³/mol. The Hall–Kier alpha value is -3.71. The Morgan fingerprint density at radius 2 is 1.94 bits per heavy atom. The van der Waals surface area contributed by atoms with Crippen molar-refractivity contribution in [2.75, 3.05) is 5.32 Å². The van der Waals surface area contributed by atoms with E-state index in [1.54, 1.807) is 25.5 Å². The average Bonchev–Trinajstić information content (AvgIpc) is 3.31. The zero-order valence-electron chi connectivity index (χ0n) is 18.3. The monoisotopic (exact) mass is 433 g/mol. The van der Waals surface area contributed by atoms with Gasteiger partial charge in [0.15, 0.2) is 0 Å². The van der Waals surface area contributed by atoms with Crippen molar-refractivity contribution in [1.29, 1.82) is 0 Å². The predicted octanol–water partition coefficient (Wildman–Crippen LogP) is 4.92. The molecule has 0 unspecified atom stereocenters. The fraction of sp³-hybridized carbons (Fsp3) is 0.360. The number of ketones is 2. The number of hydrogen-bond acceptors (Lipinski definition) is 3. The smallest absolute Gasteiger partial charge is 0.272 e. The van der Waals surface area contributed by atoms with Gasteiger partial charge in [-0.1, -0.05) is 18.8 Å². The molecule has 0 bridgehead atoms. The first-order valence-electron chi connectivity index (χ1n) is 10.3. The van der Waals surface area contributed by atoms with Crippen LogP contribution in [0.25, 0.3) is 4.85 Å². The van der Waals surface area contributed by atoms with Gasteiger partial charge in [-0.2, -0.15) is 0 Å². The van der Waals surface area contributed by atoms with Gasteiger partial charge in [0.2, 0.25) is 17.3 Å². The number of hydrogen-bond donors (Lipinski definition) is 1. The van der Waals surface area contributed by atoms with E-state index in [4.69, 9.17) is 13.0 Å². The number of rotatable bonds is 6. The highest BCUT2D eigenvalue weighted by Gasteiger charge is 2.37. The molecule has 0 radical (unpaired) electrons. The number of nitrogens with zero attached hydrogens (tertiary/aromatic N) is 2. The Morgan fingerprint density at radius 3 is 2.53 bits per heavy atom. The van der Waals surface area contributed by atoms with Crippen molar-refractivity contribution in [2.24, 2.45) is 12.5 Å². The molecule has 1 heterocycles. The fourth-order valence-electron chi connectivity index (χ4n) is 4.45. The molecule has 1 fully saturated rings. The van der Waals surface area contributed by atoms with E-state index >= 15 is 0 Å². The Bertz CT molecular complexity index is 1200. The van der Waals surface area contributed by atoms with Crippen LogP contribution in [-0.2, 0) is 11.8 Å². The minimum absolute atomic E-state index is 0.00657. The van der Waals surface area contributed by atoms with E-state index in [1.807, 2.05) is 0 Å². The lowest BCUT2D eigenvalue weighted by atomic mass is 9.80. The summed E-state index contributed by atoms with van der Waals surface area (Å²) in [6.07, 6.45) is 9.02. The second-order valence-corrected chi connectivity index (χ2v) is 8.29. The first-order chi connectivity index (χ1) is 15.1. The number of halogens is 1. The van der Waals surface area contributed by atoms with Gasteiger partial charge in [-0.25, -0.2) is 9.24 Å². The molecule has 1 saturated carbocycles. The van der Waals surface area contributed by atoms with Crippen molar-refractivity contribution in [3.05, 3.63) is 57.9 Å². The number of carbonyl (C=O) groups is 3. The lowest BCUT2D eigenvalue weighted by molar-refractivity contribution is -0.116. The van der Waals surface area contributed by atoms with Crippen LogP contribution in [0.15, 0.2) is 18.2 Å². The van der Waals surface area contributed by atoms with Gasteiger partial charge in [0, 0.05) is 30.3 Å². The van der Waals surface area contributed by atoms with Gasteiger partial charge in [0.05, 0.1) is 12.1 Å². The summed E-state index contributed by atoms with van der Waals surface area (Å²) < 4.78 is 15.1. The van der Waals surface area contributed by atoms with Crippen LogP contribution in [0.1, 0.15) is 64.2 Å². The largest absolute Gasteiger partial charge is 0.343 e. The fourth-order valence-corrected chi connectivity index (χ4v) is 4.45. The van der Waals surface area contributed by atoms with Crippen molar-refractivity contribution in [1.82, 2.24) is 4.57 Å². The Morgan fingerprint density at radius 1 is 1.28 bits per heavy atom. The van der Waals surface area contributed by atoms with Crippen LogP contribution in [-0.4, -0.2) is 22.0 Å². The van der Waals surface area contributed by atoms with Gasteiger partial charge >= 0.3 is 0 Å². The highest BCUT2D eigenvalue weighted by molar-refractivity contribution is 6.44. The molecule has 1 amide bonds. The third-order valence-electron chi connectivity index (χ3n) is 6.32. The first kappa shape index (κ1) is 23.0. The third-order valence-corrected chi connectivity index (χ3v) is 6.32. The SMILES string of the molecule is [C-]#[N+]c1cc(NC(=O)c2c(C)c(C(=O)C(=O)CC3(C#C)CCCC3)c(C)n2C)ccc1F. The van der Waals surface area contributed by atoms with E-state index in [1.165, 1.54) is 12.1 Å². The standard InChI is InChI=1S/C25H24FN3O3/c1-6-25(11-7-8-12-25)14-20(30)23(31)21-15(2)22(29(5)16(21)3)24(32)28-17-9-10-18(26)19(13-17)27-4/h1,9-10,13H,7-8,11-12,14H2,2-3,5H3,(H,28,32). The highest BCUT2D eigenvalue weighted by atomic mass is 19.1. The Balaban J connectivity index is 1.89. The van der Waals surface area contributed by atoms with Crippen molar-refractivity contribution in [3.8, 4) is 12.3 Å². The van der Waals surface area contributed by atoms with Gasteiger partial charge in [-0.15, -0.1) is 6.42 Å². The number of nitrogens with one attached hydrogen (secondary N) is 1. The molecule has 1 aromatic carbocycles.